The largest absolute Gasteiger partial charge is 0.467 e. The van der Waals surface area contributed by atoms with E-state index in [0.29, 0.717) is 24.8 Å². The molecule has 1 aromatic carbocycles. The van der Waals surface area contributed by atoms with E-state index < -0.39 is 30.0 Å². The van der Waals surface area contributed by atoms with E-state index in [9.17, 15) is 19.7 Å². The fourth-order valence-corrected chi connectivity index (χ4v) is 4.03. The first-order chi connectivity index (χ1) is 12.9. The third-order valence-electron chi connectivity index (χ3n) is 5.23. The SMILES string of the molecule is COC(=O)C(NC(=O)C1NNC2CCC([N+](=O)[O-])CC21)c1ccc(Br)cc1. The van der Waals surface area contributed by atoms with Crippen LogP contribution in [-0.2, 0) is 14.3 Å². The zero-order chi connectivity index (χ0) is 19.6. The van der Waals surface area contributed by atoms with Gasteiger partial charge in [-0.15, -0.1) is 0 Å². The summed E-state index contributed by atoms with van der Waals surface area (Å²) in [6, 6.07) is 4.73. The van der Waals surface area contributed by atoms with Gasteiger partial charge in [0.05, 0.1) is 7.11 Å². The average Bonchev–Trinajstić information content (AvgIpc) is 3.09. The molecule has 0 radical (unpaired) electrons. The van der Waals surface area contributed by atoms with Gasteiger partial charge in [-0.1, -0.05) is 28.1 Å². The highest BCUT2D eigenvalue weighted by atomic mass is 79.9. The maximum Gasteiger partial charge on any atom is 0.333 e. The standard InChI is InChI=1S/C17H21BrN4O5/c1-27-17(24)14(9-2-4-10(18)5-3-9)19-16(23)15-12-8-11(22(25)26)6-7-13(12)20-21-15/h2-5,11-15,20-21H,6-8H2,1H3,(H,19,23). The van der Waals surface area contributed by atoms with Crippen LogP contribution >= 0.6 is 15.9 Å². The van der Waals surface area contributed by atoms with Gasteiger partial charge in [-0.05, 0) is 24.1 Å². The molecule has 9 nitrogen and oxygen atoms in total. The lowest BCUT2D eigenvalue weighted by molar-refractivity contribution is -0.528. The molecule has 3 rings (SSSR count). The molecular formula is C17H21BrN4O5. The number of nitro groups is 1. The van der Waals surface area contributed by atoms with Gasteiger partial charge < -0.3 is 10.1 Å². The summed E-state index contributed by atoms with van der Waals surface area (Å²) < 4.78 is 5.67. The molecule has 1 aromatic rings. The molecule has 0 bridgehead atoms. The molecule has 2 fully saturated rings. The Hall–Kier alpha value is -2.04. The lowest BCUT2D eigenvalue weighted by atomic mass is 9.79. The van der Waals surface area contributed by atoms with E-state index >= 15 is 0 Å². The minimum absolute atomic E-state index is 0.00112. The van der Waals surface area contributed by atoms with Gasteiger partial charge in [-0.2, -0.15) is 0 Å². The summed E-state index contributed by atoms with van der Waals surface area (Å²) in [6.07, 6.45) is 1.43. The Morgan fingerprint density at radius 3 is 2.63 bits per heavy atom. The van der Waals surface area contributed by atoms with Crippen molar-refractivity contribution >= 4 is 27.8 Å². The molecule has 27 heavy (non-hydrogen) atoms. The van der Waals surface area contributed by atoms with E-state index in [-0.39, 0.29) is 16.9 Å². The number of hydrogen-bond donors (Lipinski definition) is 3. The second-order valence-electron chi connectivity index (χ2n) is 6.81. The summed E-state index contributed by atoms with van der Waals surface area (Å²) in [6.45, 7) is 0. The summed E-state index contributed by atoms with van der Waals surface area (Å²) in [4.78, 5) is 35.9. The molecule has 146 valence electrons. The van der Waals surface area contributed by atoms with Crippen LogP contribution in [0, 0.1) is 16.0 Å². The Bertz CT molecular complexity index is 729. The van der Waals surface area contributed by atoms with Crippen molar-refractivity contribution < 1.29 is 19.2 Å². The molecule has 1 heterocycles. The van der Waals surface area contributed by atoms with Gasteiger partial charge in [0.15, 0.2) is 6.04 Å². The third-order valence-corrected chi connectivity index (χ3v) is 5.76. The highest BCUT2D eigenvalue weighted by Crippen LogP contribution is 2.32. The molecule has 1 saturated carbocycles. The summed E-state index contributed by atoms with van der Waals surface area (Å²) in [5, 5.41) is 13.9. The number of halogens is 1. The number of nitrogens with zero attached hydrogens (tertiary/aromatic N) is 1. The normalized spacial score (nSPS) is 28.1. The van der Waals surface area contributed by atoms with Gasteiger partial charge in [0.2, 0.25) is 11.9 Å². The number of esters is 1. The van der Waals surface area contributed by atoms with Gasteiger partial charge in [-0.3, -0.25) is 20.3 Å². The fourth-order valence-electron chi connectivity index (χ4n) is 3.77. The van der Waals surface area contributed by atoms with Crippen LogP contribution in [0.3, 0.4) is 0 Å². The van der Waals surface area contributed by atoms with Crippen LogP contribution in [0.25, 0.3) is 0 Å². The molecule has 0 aromatic heterocycles. The zero-order valence-electron chi connectivity index (χ0n) is 14.7. The van der Waals surface area contributed by atoms with Crippen LogP contribution in [0.4, 0.5) is 0 Å². The molecular weight excluding hydrogens is 420 g/mol. The maximum absolute atomic E-state index is 12.8. The maximum atomic E-state index is 12.8. The number of ether oxygens (including phenoxy) is 1. The van der Waals surface area contributed by atoms with E-state index in [0.717, 1.165) is 4.47 Å². The summed E-state index contributed by atoms with van der Waals surface area (Å²) >= 11 is 3.33. The van der Waals surface area contributed by atoms with Crippen molar-refractivity contribution in [1.29, 1.82) is 0 Å². The van der Waals surface area contributed by atoms with Crippen LogP contribution in [-0.4, -0.2) is 42.0 Å². The predicted molar refractivity (Wildman–Crippen MR) is 99.0 cm³/mol. The molecule has 5 atom stereocenters. The van der Waals surface area contributed by atoms with Gasteiger partial charge >= 0.3 is 5.97 Å². The van der Waals surface area contributed by atoms with Crippen LogP contribution in [0.5, 0.6) is 0 Å². The first-order valence-electron chi connectivity index (χ1n) is 8.69. The summed E-state index contributed by atoms with van der Waals surface area (Å²) in [5.74, 6) is -1.19. The molecule has 1 amide bonds. The fraction of sp³-hybridized carbons (Fsp3) is 0.529. The minimum Gasteiger partial charge on any atom is -0.467 e. The molecule has 1 saturated heterocycles. The number of amides is 1. The summed E-state index contributed by atoms with van der Waals surface area (Å²) in [5.41, 5.74) is 6.58. The average molecular weight is 441 g/mol. The predicted octanol–water partition coefficient (Wildman–Crippen LogP) is 1.07. The highest BCUT2D eigenvalue weighted by molar-refractivity contribution is 9.10. The molecule has 2 aliphatic rings. The first kappa shape index (κ1) is 19.7. The molecule has 5 unspecified atom stereocenters. The Labute approximate surface area is 164 Å². The number of rotatable bonds is 5. The number of carbonyl (C=O) groups excluding carboxylic acids is 2. The van der Waals surface area contributed by atoms with Crippen molar-refractivity contribution in [3.8, 4) is 0 Å². The number of nitrogens with one attached hydrogen (secondary N) is 3. The van der Waals surface area contributed by atoms with E-state index in [4.69, 9.17) is 4.74 Å². The van der Waals surface area contributed by atoms with Gasteiger partial charge in [0.25, 0.3) is 0 Å². The molecule has 3 N–H and O–H groups in total. The van der Waals surface area contributed by atoms with E-state index in [1.54, 1.807) is 24.3 Å². The van der Waals surface area contributed by atoms with Crippen LogP contribution < -0.4 is 16.2 Å². The molecule has 10 heteroatoms. The number of hydrazine groups is 1. The molecule has 1 aliphatic heterocycles. The van der Waals surface area contributed by atoms with E-state index in [2.05, 4.69) is 32.1 Å². The van der Waals surface area contributed by atoms with Gasteiger partial charge in [-0.25, -0.2) is 10.2 Å². The number of hydrogen-bond acceptors (Lipinski definition) is 7. The van der Waals surface area contributed by atoms with Crippen molar-refractivity contribution in [2.75, 3.05) is 7.11 Å². The molecule has 0 spiro atoms. The van der Waals surface area contributed by atoms with Crippen molar-refractivity contribution in [2.45, 2.75) is 43.4 Å². The minimum atomic E-state index is -0.952. The number of fused-ring (bicyclic) bond motifs is 1. The van der Waals surface area contributed by atoms with E-state index in [1.165, 1.54) is 7.11 Å². The van der Waals surface area contributed by atoms with Crippen molar-refractivity contribution in [3.63, 3.8) is 0 Å². The second kappa shape index (κ2) is 8.32. The Kier molecular flexibility index (Phi) is 6.08. The number of benzene rings is 1. The quantitative estimate of drug-likeness (QED) is 0.355. The monoisotopic (exact) mass is 440 g/mol. The van der Waals surface area contributed by atoms with Crippen molar-refractivity contribution in [2.24, 2.45) is 5.92 Å². The summed E-state index contributed by atoms with van der Waals surface area (Å²) in [7, 11) is 1.26. The number of methoxy groups -OCH3 is 1. The Morgan fingerprint density at radius 2 is 2.00 bits per heavy atom. The van der Waals surface area contributed by atoms with Crippen molar-refractivity contribution in [3.05, 3.63) is 44.4 Å². The van der Waals surface area contributed by atoms with Crippen molar-refractivity contribution in [1.82, 2.24) is 16.2 Å². The molecule has 1 aliphatic carbocycles. The third kappa shape index (κ3) is 4.28. The zero-order valence-corrected chi connectivity index (χ0v) is 16.3. The second-order valence-corrected chi connectivity index (χ2v) is 7.72. The van der Waals surface area contributed by atoms with Crippen LogP contribution in [0.15, 0.2) is 28.7 Å². The van der Waals surface area contributed by atoms with Gasteiger partial charge in [0.1, 0.15) is 6.04 Å². The lowest BCUT2D eigenvalue weighted by Gasteiger charge is -2.29. The highest BCUT2D eigenvalue weighted by Gasteiger charge is 2.47. The first-order valence-corrected chi connectivity index (χ1v) is 9.48. The van der Waals surface area contributed by atoms with Crippen LogP contribution in [0.1, 0.15) is 30.9 Å². The van der Waals surface area contributed by atoms with Crippen LogP contribution in [0.2, 0.25) is 0 Å². The smallest absolute Gasteiger partial charge is 0.333 e. The lowest BCUT2D eigenvalue weighted by Crippen LogP contribution is -2.49. The Morgan fingerprint density at radius 1 is 1.30 bits per heavy atom. The van der Waals surface area contributed by atoms with Gasteiger partial charge in [0, 0.05) is 34.2 Å². The van der Waals surface area contributed by atoms with E-state index in [1.807, 2.05) is 0 Å². The topological polar surface area (TPSA) is 123 Å². The Balaban J connectivity index is 1.74. The number of carbonyl (C=O) groups is 2.